The Morgan fingerprint density at radius 1 is 0.909 bits per heavy atom. The number of imidazole rings is 2. The summed E-state index contributed by atoms with van der Waals surface area (Å²) in [5.74, 6) is -1.69. The Hall–Kier alpha value is -5.49. The van der Waals surface area contributed by atoms with Crippen molar-refractivity contribution in [3.05, 3.63) is 108 Å². The van der Waals surface area contributed by atoms with Gasteiger partial charge in [-0.1, -0.05) is 43.7 Å². The lowest BCUT2D eigenvalue weighted by Crippen LogP contribution is -2.19. The van der Waals surface area contributed by atoms with Gasteiger partial charge < -0.3 is 37.2 Å². The highest BCUT2D eigenvalue weighted by molar-refractivity contribution is 6.16. The van der Waals surface area contributed by atoms with Crippen LogP contribution in [0.25, 0.3) is 10.8 Å². The maximum Gasteiger partial charge on any atom is 0.303 e. The van der Waals surface area contributed by atoms with Crippen LogP contribution in [-0.4, -0.2) is 42.8 Å². The van der Waals surface area contributed by atoms with Gasteiger partial charge in [-0.2, -0.15) is 0 Å². The van der Waals surface area contributed by atoms with Crippen LogP contribution in [0, 0.1) is 0 Å². The van der Waals surface area contributed by atoms with E-state index in [1.54, 1.807) is 49.3 Å². The molecule has 0 aliphatic rings. The maximum atomic E-state index is 13.0. The van der Waals surface area contributed by atoms with Crippen molar-refractivity contribution < 1.29 is 19.5 Å². The smallest absolute Gasteiger partial charge is 0.303 e. The predicted molar refractivity (Wildman–Crippen MR) is 169 cm³/mol. The molecule has 3 aromatic carbocycles. The first-order valence-electron chi connectivity index (χ1n) is 14.2. The van der Waals surface area contributed by atoms with E-state index in [1.807, 2.05) is 37.3 Å². The van der Waals surface area contributed by atoms with Crippen molar-refractivity contribution in [2.24, 2.45) is 11.5 Å². The Kier molecular flexibility index (Phi) is 10.8. The van der Waals surface area contributed by atoms with Gasteiger partial charge in [0.1, 0.15) is 0 Å². The highest BCUT2D eigenvalue weighted by atomic mass is 16.4. The molecule has 2 amide bonds. The van der Waals surface area contributed by atoms with E-state index in [1.165, 1.54) is 0 Å². The number of benzene rings is 3. The van der Waals surface area contributed by atoms with Gasteiger partial charge in [0.15, 0.2) is 0 Å². The van der Waals surface area contributed by atoms with E-state index in [2.05, 4.69) is 30.6 Å². The van der Waals surface area contributed by atoms with Gasteiger partial charge in [0.2, 0.25) is 0 Å². The first-order chi connectivity index (χ1) is 21.3. The van der Waals surface area contributed by atoms with Gasteiger partial charge in [0.25, 0.3) is 11.8 Å². The van der Waals surface area contributed by atoms with E-state index in [0.717, 1.165) is 40.9 Å². The number of nitrogens with zero attached hydrogens (tertiary/aromatic N) is 2. The lowest BCUT2D eigenvalue weighted by atomic mass is 9.99. The van der Waals surface area contributed by atoms with Crippen molar-refractivity contribution in [2.75, 3.05) is 10.6 Å². The summed E-state index contributed by atoms with van der Waals surface area (Å²) in [5, 5.41) is 15.7. The molecule has 228 valence electrons. The Balaban J connectivity index is 0.000000566. The minimum atomic E-state index is -0.693. The highest BCUT2D eigenvalue weighted by Crippen LogP contribution is 2.31. The van der Waals surface area contributed by atoms with Crippen molar-refractivity contribution in [1.29, 1.82) is 0 Å². The Bertz CT molecular complexity index is 1680. The van der Waals surface area contributed by atoms with E-state index in [9.17, 15) is 14.4 Å². The van der Waals surface area contributed by atoms with Crippen LogP contribution in [0.4, 0.5) is 11.4 Å². The molecule has 2 heterocycles. The fourth-order valence-electron chi connectivity index (χ4n) is 4.60. The van der Waals surface area contributed by atoms with E-state index >= 15 is 0 Å². The SMILES string of the molecule is CCCCC(=O)O.NC(=O)c1c(NC(=O)c2ccc([C@@H](N)Cc3c[nH]cn3)cc2)ccc2c(NCc3c[nH]cn3)cccc12. The number of unbranched alkanes of at least 4 members (excludes halogenated alkanes) is 1. The minimum absolute atomic E-state index is 0.243. The van der Waals surface area contributed by atoms with Crippen LogP contribution in [0.1, 0.15) is 69.9 Å². The van der Waals surface area contributed by atoms with E-state index in [4.69, 9.17) is 16.6 Å². The molecular formula is C32H36N8O4. The molecule has 0 saturated heterocycles. The number of primary amides is 1. The molecule has 5 aromatic rings. The Morgan fingerprint density at radius 2 is 1.61 bits per heavy atom. The second kappa shape index (κ2) is 15.1. The summed E-state index contributed by atoms with van der Waals surface area (Å²) in [5.41, 5.74) is 16.5. The molecule has 0 fully saturated rings. The van der Waals surface area contributed by atoms with Crippen molar-refractivity contribution >= 4 is 39.9 Å². The molecule has 0 aliphatic heterocycles. The van der Waals surface area contributed by atoms with Crippen molar-refractivity contribution in [1.82, 2.24) is 19.9 Å². The van der Waals surface area contributed by atoms with Gasteiger partial charge in [-0.05, 0) is 41.6 Å². The van der Waals surface area contributed by atoms with Gasteiger partial charge in [0, 0.05) is 47.9 Å². The number of carboxylic acid groups (broad SMARTS) is 1. The average molecular weight is 597 g/mol. The first kappa shape index (κ1) is 31.4. The first-order valence-corrected chi connectivity index (χ1v) is 14.2. The molecule has 1 atom stereocenters. The molecule has 0 radical (unpaired) electrons. The monoisotopic (exact) mass is 596 g/mol. The molecule has 0 saturated carbocycles. The maximum absolute atomic E-state index is 13.0. The molecule has 0 unspecified atom stereocenters. The second-order valence-electron chi connectivity index (χ2n) is 10.1. The van der Waals surface area contributed by atoms with Gasteiger partial charge in [0.05, 0.1) is 41.8 Å². The van der Waals surface area contributed by atoms with Crippen LogP contribution in [0.5, 0.6) is 0 Å². The third kappa shape index (κ3) is 8.29. The second-order valence-corrected chi connectivity index (χ2v) is 10.1. The standard InChI is InChI=1S/C27H26N8O2.C5H10O2/c28-22(10-18-11-30-14-33-18)16-4-6-17(7-5-16)27(37)35-24-9-8-20-21(25(24)26(29)36)2-1-3-23(20)32-13-19-12-31-15-34-19;1-2-3-4-5(6)7/h1-9,11-12,14-15,22,32H,10,13,28H2,(H2,29,36)(H,30,33)(H,31,34)(H,35,37);2-4H2,1H3,(H,6,7)/t22-;/m0./s1. The number of nitrogens with two attached hydrogens (primary N) is 2. The molecule has 5 rings (SSSR count). The number of carbonyl (C=O) groups is 3. The average Bonchev–Trinajstić information content (AvgIpc) is 3.74. The molecule has 0 aliphatic carbocycles. The topological polar surface area (TPSA) is 205 Å². The molecule has 44 heavy (non-hydrogen) atoms. The van der Waals surface area contributed by atoms with Crippen LogP contribution in [0.2, 0.25) is 0 Å². The summed E-state index contributed by atoms with van der Waals surface area (Å²) in [4.78, 5) is 49.5. The number of carboxylic acids is 1. The lowest BCUT2D eigenvalue weighted by molar-refractivity contribution is -0.137. The van der Waals surface area contributed by atoms with E-state index in [-0.39, 0.29) is 17.5 Å². The van der Waals surface area contributed by atoms with Gasteiger partial charge in [-0.3, -0.25) is 14.4 Å². The molecule has 0 spiro atoms. The number of H-pyrrole nitrogens is 2. The van der Waals surface area contributed by atoms with Crippen molar-refractivity contribution in [2.45, 2.75) is 45.2 Å². The number of rotatable bonds is 12. The zero-order valence-electron chi connectivity index (χ0n) is 24.3. The molecule has 12 nitrogen and oxygen atoms in total. The van der Waals surface area contributed by atoms with Gasteiger partial charge in [-0.25, -0.2) is 9.97 Å². The number of carbonyl (C=O) groups excluding carboxylic acids is 2. The van der Waals surface area contributed by atoms with Gasteiger partial charge >= 0.3 is 5.97 Å². The molecular weight excluding hydrogens is 560 g/mol. The number of amides is 2. The van der Waals surface area contributed by atoms with Crippen LogP contribution in [-0.2, 0) is 17.8 Å². The van der Waals surface area contributed by atoms with Crippen LogP contribution in [0.15, 0.2) is 79.6 Å². The number of hydrogen-bond donors (Lipinski definition) is 7. The van der Waals surface area contributed by atoms with Gasteiger partial charge in [-0.15, -0.1) is 0 Å². The summed E-state index contributed by atoms with van der Waals surface area (Å²) in [6.07, 6.45) is 9.49. The minimum Gasteiger partial charge on any atom is -0.481 e. The number of anilines is 2. The third-order valence-corrected chi connectivity index (χ3v) is 6.90. The highest BCUT2D eigenvalue weighted by Gasteiger charge is 2.18. The Labute approximate surface area is 254 Å². The quantitative estimate of drug-likeness (QED) is 0.107. The summed E-state index contributed by atoms with van der Waals surface area (Å²) in [6, 6.07) is 15.9. The number of fused-ring (bicyclic) bond motifs is 1. The summed E-state index contributed by atoms with van der Waals surface area (Å²) >= 11 is 0. The normalized spacial score (nSPS) is 11.3. The summed E-state index contributed by atoms with van der Waals surface area (Å²) in [7, 11) is 0. The predicted octanol–water partition coefficient (Wildman–Crippen LogP) is 4.75. The summed E-state index contributed by atoms with van der Waals surface area (Å²) < 4.78 is 0. The largest absolute Gasteiger partial charge is 0.481 e. The third-order valence-electron chi connectivity index (χ3n) is 6.90. The van der Waals surface area contributed by atoms with Crippen molar-refractivity contribution in [3.8, 4) is 0 Å². The molecule has 0 bridgehead atoms. The fourth-order valence-corrected chi connectivity index (χ4v) is 4.60. The fraction of sp³-hybridized carbons (Fsp3) is 0.219. The molecule has 2 aromatic heterocycles. The van der Waals surface area contributed by atoms with Crippen molar-refractivity contribution in [3.63, 3.8) is 0 Å². The van der Waals surface area contributed by atoms with E-state index in [0.29, 0.717) is 36.0 Å². The lowest BCUT2D eigenvalue weighted by Gasteiger charge is -2.15. The Morgan fingerprint density at radius 3 is 2.20 bits per heavy atom. The number of aliphatic carboxylic acids is 1. The molecule has 12 heteroatoms. The molecule has 9 N–H and O–H groups in total. The zero-order valence-corrected chi connectivity index (χ0v) is 24.3. The number of aromatic nitrogens is 4. The van der Waals surface area contributed by atoms with Crippen LogP contribution < -0.4 is 22.1 Å². The number of hydrogen-bond acceptors (Lipinski definition) is 7. The number of aromatic amines is 2. The van der Waals surface area contributed by atoms with Crippen LogP contribution in [0.3, 0.4) is 0 Å². The summed E-state index contributed by atoms with van der Waals surface area (Å²) in [6.45, 7) is 2.48. The van der Waals surface area contributed by atoms with Crippen LogP contribution >= 0.6 is 0 Å². The zero-order chi connectivity index (χ0) is 31.5. The number of nitrogens with one attached hydrogen (secondary N) is 4. The van der Waals surface area contributed by atoms with E-state index < -0.39 is 11.9 Å².